The lowest BCUT2D eigenvalue weighted by molar-refractivity contribution is 0.346. The van der Waals surface area contributed by atoms with Crippen molar-refractivity contribution in [3.63, 3.8) is 0 Å². The highest BCUT2D eigenvalue weighted by Crippen LogP contribution is 2.37. The second-order valence-electron chi connectivity index (χ2n) is 8.79. The molecule has 0 amide bonds. The van der Waals surface area contributed by atoms with E-state index in [1.165, 1.54) is 55.7 Å². The van der Waals surface area contributed by atoms with E-state index in [1.807, 2.05) is 0 Å². The second-order valence-corrected chi connectivity index (χ2v) is 8.79. The molecule has 0 saturated heterocycles. The molecule has 0 aliphatic heterocycles. The summed E-state index contributed by atoms with van der Waals surface area (Å²) in [6, 6.07) is 10.9. The lowest BCUT2D eigenvalue weighted by atomic mass is 9.77. The highest BCUT2D eigenvalue weighted by atomic mass is 19.1. The second kappa shape index (κ2) is 10.6. The Morgan fingerprint density at radius 2 is 1.46 bits per heavy atom. The standard InChI is InChI=1S/C26H34FN/c1-2-3-20-10-14-24(15-11-20)25-16-12-22(13-17-25)5-4-21-6-8-23(9-7-21)18-26(27)19-28/h4-5,10-11,14-15,18,21-23,25H,2-3,6-9,12-13,16-17H2,1H3. The van der Waals surface area contributed by atoms with Crippen molar-refractivity contribution in [2.24, 2.45) is 17.8 Å². The minimum atomic E-state index is -0.615. The normalized spacial score (nSPS) is 29.0. The molecule has 28 heavy (non-hydrogen) atoms. The Morgan fingerprint density at radius 3 is 2.00 bits per heavy atom. The van der Waals surface area contributed by atoms with Crippen LogP contribution >= 0.6 is 0 Å². The third kappa shape index (κ3) is 6.06. The lowest BCUT2D eigenvalue weighted by Crippen LogP contribution is -2.14. The molecular weight excluding hydrogens is 345 g/mol. The van der Waals surface area contributed by atoms with Crippen LogP contribution in [0.2, 0.25) is 0 Å². The smallest absolute Gasteiger partial charge is 0.195 e. The molecule has 0 N–H and O–H groups in total. The number of nitriles is 1. The maximum atomic E-state index is 13.1. The molecule has 150 valence electrons. The number of hydrogen-bond donors (Lipinski definition) is 0. The van der Waals surface area contributed by atoms with Gasteiger partial charge in [-0.05, 0) is 98.7 Å². The molecule has 0 heterocycles. The molecule has 1 aromatic carbocycles. The fourth-order valence-corrected chi connectivity index (χ4v) is 4.95. The summed E-state index contributed by atoms with van der Waals surface area (Å²) in [5, 5.41) is 8.57. The van der Waals surface area contributed by atoms with Crippen LogP contribution in [0.25, 0.3) is 0 Å². The van der Waals surface area contributed by atoms with Crippen molar-refractivity contribution in [1.29, 1.82) is 5.26 Å². The molecule has 1 nitrogen and oxygen atoms in total. The van der Waals surface area contributed by atoms with Gasteiger partial charge in [-0.2, -0.15) is 9.65 Å². The van der Waals surface area contributed by atoms with Crippen molar-refractivity contribution in [2.75, 3.05) is 0 Å². The van der Waals surface area contributed by atoms with Gasteiger partial charge < -0.3 is 0 Å². The van der Waals surface area contributed by atoms with Crippen LogP contribution in [0, 0.1) is 29.1 Å². The van der Waals surface area contributed by atoms with Crippen LogP contribution < -0.4 is 0 Å². The Balaban J connectivity index is 1.41. The Labute approximate surface area is 170 Å². The molecule has 2 fully saturated rings. The zero-order chi connectivity index (χ0) is 19.8. The summed E-state index contributed by atoms with van der Waals surface area (Å²) in [5.74, 6) is 1.74. The molecule has 0 radical (unpaired) electrons. The topological polar surface area (TPSA) is 23.8 Å². The van der Waals surface area contributed by atoms with Gasteiger partial charge in [0.25, 0.3) is 0 Å². The zero-order valence-electron chi connectivity index (χ0n) is 17.2. The summed E-state index contributed by atoms with van der Waals surface area (Å²) in [6.07, 6.45) is 18.3. The number of halogens is 1. The summed E-state index contributed by atoms with van der Waals surface area (Å²) >= 11 is 0. The molecule has 2 aliphatic rings. The van der Waals surface area contributed by atoms with E-state index in [9.17, 15) is 4.39 Å². The van der Waals surface area contributed by atoms with E-state index in [1.54, 1.807) is 6.07 Å². The molecule has 0 spiro atoms. The summed E-state index contributed by atoms with van der Waals surface area (Å²) in [4.78, 5) is 0. The molecule has 2 aliphatic carbocycles. The van der Waals surface area contributed by atoms with E-state index in [4.69, 9.17) is 5.26 Å². The number of nitrogens with zero attached hydrogens (tertiary/aromatic N) is 1. The van der Waals surface area contributed by atoms with Gasteiger partial charge in [0.05, 0.1) is 0 Å². The molecule has 0 unspecified atom stereocenters. The number of hydrogen-bond acceptors (Lipinski definition) is 1. The van der Waals surface area contributed by atoms with Crippen LogP contribution in [-0.4, -0.2) is 0 Å². The highest BCUT2D eigenvalue weighted by Gasteiger charge is 2.22. The number of allylic oxidation sites excluding steroid dienone is 4. The van der Waals surface area contributed by atoms with Gasteiger partial charge in [-0.1, -0.05) is 49.8 Å². The molecule has 0 bridgehead atoms. The van der Waals surface area contributed by atoms with E-state index < -0.39 is 5.83 Å². The van der Waals surface area contributed by atoms with Gasteiger partial charge in [0.2, 0.25) is 0 Å². The third-order valence-corrected chi connectivity index (χ3v) is 6.72. The van der Waals surface area contributed by atoms with Gasteiger partial charge in [-0.15, -0.1) is 0 Å². The first-order valence-corrected chi connectivity index (χ1v) is 11.2. The fraction of sp³-hybridized carbons (Fsp3) is 0.577. The van der Waals surface area contributed by atoms with Crippen molar-refractivity contribution < 1.29 is 4.39 Å². The fourth-order valence-electron chi connectivity index (χ4n) is 4.95. The zero-order valence-corrected chi connectivity index (χ0v) is 17.2. The van der Waals surface area contributed by atoms with Crippen molar-refractivity contribution in [1.82, 2.24) is 0 Å². The van der Waals surface area contributed by atoms with Gasteiger partial charge in [-0.25, -0.2) is 0 Å². The van der Waals surface area contributed by atoms with Gasteiger partial charge in [-0.3, -0.25) is 0 Å². The average Bonchev–Trinajstić information content (AvgIpc) is 2.74. The van der Waals surface area contributed by atoms with Gasteiger partial charge in [0.15, 0.2) is 5.83 Å². The van der Waals surface area contributed by atoms with Crippen LogP contribution in [0.5, 0.6) is 0 Å². The minimum Gasteiger partial charge on any atom is -0.195 e. The van der Waals surface area contributed by atoms with E-state index in [2.05, 4.69) is 43.3 Å². The monoisotopic (exact) mass is 379 g/mol. The van der Waals surface area contributed by atoms with E-state index in [0.717, 1.165) is 37.5 Å². The molecule has 0 aromatic heterocycles. The van der Waals surface area contributed by atoms with Crippen molar-refractivity contribution in [2.45, 2.75) is 77.0 Å². The Bertz CT molecular complexity index is 693. The maximum Gasteiger partial charge on any atom is 0.196 e. The Kier molecular flexibility index (Phi) is 7.90. The van der Waals surface area contributed by atoms with Gasteiger partial charge >= 0.3 is 0 Å². The predicted molar refractivity (Wildman–Crippen MR) is 115 cm³/mol. The van der Waals surface area contributed by atoms with Crippen LogP contribution in [-0.2, 0) is 6.42 Å². The van der Waals surface area contributed by atoms with Crippen molar-refractivity contribution in [3.05, 3.63) is 59.4 Å². The molecule has 2 heteroatoms. The van der Waals surface area contributed by atoms with E-state index >= 15 is 0 Å². The van der Waals surface area contributed by atoms with Crippen molar-refractivity contribution in [3.8, 4) is 6.07 Å². The molecule has 2 saturated carbocycles. The van der Waals surface area contributed by atoms with Crippen LogP contribution in [0.4, 0.5) is 4.39 Å². The summed E-state index contributed by atoms with van der Waals surface area (Å²) < 4.78 is 13.1. The quantitative estimate of drug-likeness (QED) is 0.368. The molecule has 1 aromatic rings. The SMILES string of the molecule is CCCc1ccc(C2CCC(C=CC3CCC(C=C(F)C#N)CC3)CC2)cc1. The molecule has 3 rings (SSSR count). The van der Waals surface area contributed by atoms with Crippen LogP contribution in [0.1, 0.15) is 81.8 Å². The van der Waals surface area contributed by atoms with Gasteiger partial charge in [0.1, 0.15) is 6.07 Å². The average molecular weight is 380 g/mol. The Hall–Kier alpha value is -1.88. The predicted octanol–water partition coefficient (Wildman–Crippen LogP) is 7.65. The summed E-state index contributed by atoms with van der Waals surface area (Å²) in [5.41, 5.74) is 2.99. The number of aryl methyl sites for hydroxylation is 1. The molecule has 0 atom stereocenters. The largest absolute Gasteiger partial charge is 0.196 e. The molecular formula is C26H34FN. The first-order valence-electron chi connectivity index (χ1n) is 11.2. The third-order valence-electron chi connectivity index (χ3n) is 6.72. The number of benzene rings is 1. The van der Waals surface area contributed by atoms with E-state index in [-0.39, 0.29) is 5.92 Å². The van der Waals surface area contributed by atoms with Gasteiger partial charge in [0, 0.05) is 0 Å². The lowest BCUT2D eigenvalue weighted by Gasteiger charge is -2.28. The van der Waals surface area contributed by atoms with Crippen molar-refractivity contribution >= 4 is 0 Å². The highest BCUT2D eigenvalue weighted by molar-refractivity contribution is 5.26. The first kappa shape index (κ1) is 20.8. The Morgan fingerprint density at radius 1 is 0.929 bits per heavy atom. The van der Waals surface area contributed by atoms with Crippen LogP contribution in [0.15, 0.2) is 48.3 Å². The number of rotatable bonds is 6. The van der Waals surface area contributed by atoms with Crippen LogP contribution in [0.3, 0.4) is 0 Å². The summed E-state index contributed by atoms with van der Waals surface area (Å²) in [6.45, 7) is 2.24. The minimum absolute atomic E-state index is 0.253. The van der Waals surface area contributed by atoms with E-state index in [0.29, 0.717) is 5.92 Å². The maximum absolute atomic E-state index is 13.1. The summed E-state index contributed by atoms with van der Waals surface area (Å²) in [7, 11) is 0. The first-order chi connectivity index (χ1) is 13.7.